The number of ether oxygens (including phenoxy) is 1. The Bertz CT molecular complexity index is 579. The number of benzene rings is 1. The van der Waals surface area contributed by atoms with Gasteiger partial charge in [-0.15, -0.1) is 11.3 Å². The van der Waals surface area contributed by atoms with Crippen LogP contribution in [0.4, 0.5) is 0 Å². The van der Waals surface area contributed by atoms with E-state index in [-0.39, 0.29) is 0 Å². The first-order valence-electron chi connectivity index (χ1n) is 7.11. The van der Waals surface area contributed by atoms with Crippen LogP contribution in [0.25, 0.3) is 0 Å². The molecule has 3 nitrogen and oxygen atoms in total. The third-order valence-electron chi connectivity index (χ3n) is 3.49. The number of fused-ring (bicyclic) bond motifs is 1. The molecule has 0 bridgehead atoms. The molecule has 0 amide bonds. The summed E-state index contributed by atoms with van der Waals surface area (Å²) in [7, 11) is 0. The maximum absolute atomic E-state index is 5.85. The first-order chi connectivity index (χ1) is 9.72. The molecule has 1 N–H and O–H groups in total. The van der Waals surface area contributed by atoms with Crippen molar-refractivity contribution in [1.82, 2.24) is 10.3 Å². The quantitative estimate of drug-likeness (QED) is 0.936. The molecule has 0 fully saturated rings. The lowest BCUT2D eigenvalue weighted by atomic mass is 9.97. The van der Waals surface area contributed by atoms with Gasteiger partial charge in [0.25, 0.3) is 0 Å². The fourth-order valence-electron chi connectivity index (χ4n) is 2.39. The minimum Gasteiger partial charge on any atom is -0.493 e. The minimum absolute atomic E-state index is 0.391. The Morgan fingerprint density at radius 1 is 1.40 bits per heavy atom. The first-order valence-corrected chi connectivity index (χ1v) is 7.98. The van der Waals surface area contributed by atoms with Gasteiger partial charge in [0.1, 0.15) is 5.75 Å². The number of rotatable bonds is 4. The fraction of sp³-hybridized carbons (Fsp3) is 0.438. The van der Waals surface area contributed by atoms with Crippen LogP contribution in [0.15, 0.2) is 29.6 Å². The van der Waals surface area contributed by atoms with Crippen molar-refractivity contribution in [1.29, 1.82) is 0 Å². The Balaban J connectivity index is 1.69. The Morgan fingerprint density at radius 3 is 3.10 bits per heavy atom. The van der Waals surface area contributed by atoms with Gasteiger partial charge in [-0.05, 0) is 18.1 Å². The zero-order valence-corrected chi connectivity index (χ0v) is 12.7. The number of nitrogens with one attached hydrogen (secondary N) is 1. The van der Waals surface area contributed by atoms with Crippen molar-refractivity contribution in [2.45, 2.75) is 38.8 Å². The molecule has 1 aromatic carbocycles. The van der Waals surface area contributed by atoms with Gasteiger partial charge in [-0.1, -0.05) is 32.0 Å². The van der Waals surface area contributed by atoms with Crippen LogP contribution < -0.4 is 10.1 Å². The lowest BCUT2D eigenvalue weighted by Gasteiger charge is -2.23. The number of hydrogen-bond acceptors (Lipinski definition) is 4. The first kappa shape index (κ1) is 13.6. The third kappa shape index (κ3) is 3.02. The highest BCUT2D eigenvalue weighted by atomic mass is 32.1. The lowest BCUT2D eigenvalue weighted by molar-refractivity contribution is 0.262. The van der Waals surface area contributed by atoms with Crippen LogP contribution in [0.5, 0.6) is 5.75 Å². The molecule has 0 saturated carbocycles. The van der Waals surface area contributed by atoms with Crippen LogP contribution in [0.3, 0.4) is 0 Å². The smallest absolute Gasteiger partial charge is 0.122 e. The van der Waals surface area contributed by atoms with Crippen molar-refractivity contribution in [3.8, 4) is 5.75 Å². The van der Waals surface area contributed by atoms with E-state index in [0.29, 0.717) is 12.0 Å². The van der Waals surface area contributed by atoms with Crippen LogP contribution in [0.1, 0.15) is 36.0 Å². The molecule has 0 spiro atoms. The zero-order chi connectivity index (χ0) is 13.9. The van der Waals surface area contributed by atoms with Crippen LogP contribution in [-0.2, 0) is 13.0 Å². The molecule has 1 aromatic heterocycles. The SMILES string of the molecule is CC(C)NCc1csc(C2COc3ccccc3C2)n1. The van der Waals surface area contributed by atoms with Gasteiger partial charge in [0.2, 0.25) is 0 Å². The predicted molar refractivity (Wildman–Crippen MR) is 82.5 cm³/mol. The van der Waals surface area contributed by atoms with E-state index in [0.717, 1.165) is 31.0 Å². The van der Waals surface area contributed by atoms with Crippen molar-refractivity contribution in [3.63, 3.8) is 0 Å². The van der Waals surface area contributed by atoms with E-state index in [9.17, 15) is 0 Å². The summed E-state index contributed by atoms with van der Waals surface area (Å²) in [5, 5.41) is 6.76. The molecule has 2 aromatic rings. The Hall–Kier alpha value is -1.39. The summed E-state index contributed by atoms with van der Waals surface area (Å²) in [5.41, 5.74) is 2.43. The molecular formula is C16H20N2OS. The second-order valence-corrected chi connectivity index (χ2v) is 6.42. The van der Waals surface area contributed by atoms with Crippen molar-refractivity contribution < 1.29 is 4.74 Å². The van der Waals surface area contributed by atoms with Gasteiger partial charge >= 0.3 is 0 Å². The number of hydrogen-bond donors (Lipinski definition) is 1. The van der Waals surface area contributed by atoms with E-state index in [1.54, 1.807) is 11.3 Å². The van der Waals surface area contributed by atoms with E-state index < -0.39 is 0 Å². The van der Waals surface area contributed by atoms with Crippen molar-refractivity contribution >= 4 is 11.3 Å². The number of aromatic nitrogens is 1. The maximum Gasteiger partial charge on any atom is 0.122 e. The second kappa shape index (κ2) is 5.94. The Kier molecular flexibility index (Phi) is 4.03. The molecule has 1 unspecified atom stereocenters. The largest absolute Gasteiger partial charge is 0.493 e. The second-order valence-electron chi connectivity index (χ2n) is 5.53. The lowest BCUT2D eigenvalue weighted by Crippen LogP contribution is -2.22. The normalized spacial score (nSPS) is 17.9. The molecule has 2 heterocycles. The van der Waals surface area contributed by atoms with Crippen LogP contribution in [0, 0.1) is 0 Å². The highest BCUT2D eigenvalue weighted by Gasteiger charge is 2.23. The molecule has 3 rings (SSSR count). The minimum atomic E-state index is 0.391. The van der Waals surface area contributed by atoms with Crippen molar-refractivity contribution in [2.24, 2.45) is 0 Å². The number of para-hydroxylation sites is 1. The van der Waals surface area contributed by atoms with Crippen LogP contribution in [-0.4, -0.2) is 17.6 Å². The summed E-state index contributed by atoms with van der Waals surface area (Å²) in [6, 6.07) is 8.79. The number of thiazole rings is 1. The Labute approximate surface area is 124 Å². The standard InChI is InChI=1S/C16H20N2OS/c1-11(2)17-8-14-10-20-16(18-14)13-7-12-5-3-4-6-15(12)19-9-13/h3-6,10-11,13,17H,7-9H2,1-2H3. The van der Waals surface area contributed by atoms with E-state index in [2.05, 4.69) is 36.7 Å². The molecule has 0 radical (unpaired) electrons. The average molecular weight is 288 g/mol. The van der Waals surface area contributed by atoms with Crippen molar-refractivity contribution in [3.05, 3.63) is 45.9 Å². The number of nitrogens with zero attached hydrogens (tertiary/aromatic N) is 1. The van der Waals surface area contributed by atoms with Crippen molar-refractivity contribution in [2.75, 3.05) is 6.61 Å². The van der Waals surface area contributed by atoms with Gasteiger partial charge in [0.05, 0.1) is 17.3 Å². The van der Waals surface area contributed by atoms with E-state index >= 15 is 0 Å². The predicted octanol–water partition coefficient (Wildman–Crippen LogP) is 3.36. The molecule has 20 heavy (non-hydrogen) atoms. The van der Waals surface area contributed by atoms with E-state index in [4.69, 9.17) is 9.72 Å². The average Bonchev–Trinajstić information content (AvgIpc) is 2.93. The Morgan fingerprint density at radius 2 is 2.25 bits per heavy atom. The van der Waals surface area contributed by atoms with Gasteiger partial charge in [-0.2, -0.15) is 0 Å². The topological polar surface area (TPSA) is 34.1 Å². The fourth-order valence-corrected chi connectivity index (χ4v) is 3.29. The van der Waals surface area contributed by atoms with Gasteiger partial charge in [-0.3, -0.25) is 0 Å². The summed E-state index contributed by atoms with van der Waals surface area (Å²) < 4.78 is 5.85. The molecule has 1 atom stereocenters. The summed E-state index contributed by atoms with van der Waals surface area (Å²) in [6.07, 6.45) is 1.03. The van der Waals surface area contributed by atoms with E-state index in [1.165, 1.54) is 10.6 Å². The monoisotopic (exact) mass is 288 g/mol. The molecular weight excluding hydrogens is 268 g/mol. The van der Waals surface area contributed by atoms with Crippen LogP contribution >= 0.6 is 11.3 Å². The summed E-state index contributed by atoms with van der Waals surface area (Å²) in [5.74, 6) is 1.42. The highest BCUT2D eigenvalue weighted by Crippen LogP contribution is 2.33. The van der Waals surface area contributed by atoms with Crippen LogP contribution in [0.2, 0.25) is 0 Å². The van der Waals surface area contributed by atoms with Gasteiger partial charge in [-0.25, -0.2) is 4.98 Å². The molecule has 1 aliphatic heterocycles. The third-order valence-corrected chi connectivity index (χ3v) is 4.55. The van der Waals surface area contributed by atoms with Gasteiger partial charge in [0.15, 0.2) is 0 Å². The summed E-state index contributed by atoms with van der Waals surface area (Å²) in [4.78, 5) is 4.75. The van der Waals surface area contributed by atoms with Gasteiger partial charge < -0.3 is 10.1 Å². The highest BCUT2D eigenvalue weighted by molar-refractivity contribution is 7.09. The summed E-state index contributed by atoms with van der Waals surface area (Å²) in [6.45, 7) is 5.89. The molecule has 106 valence electrons. The summed E-state index contributed by atoms with van der Waals surface area (Å²) >= 11 is 1.75. The molecule has 1 aliphatic rings. The maximum atomic E-state index is 5.85. The van der Waals surface area contributed by atoms with Gasteiger partial charge in [0, 0.05) is 23.9 Å². The zero-order valence-electron chi connectivity index (χ0n) is 11.9. The van der Waals surface area contributed by atoms with E-state index in [1.807, 2.05) is 12.1 Å². The molecule has 4 heteroatoms. The molecule has 0 saturated heterocycles. The molecule has 0 aliphatic carbocycles.